The summed E-state index contributed by atoms with van der Waals surface area (Å²) in [5.74, 6) is 0.362. The van der Waals surface area contributed by atoms with Gasteiger partial charge in [0, 0.05) is 11.3 Å². The number of anilines is 1. The molecule has 1 atom stereocenters. The van der Waals surface area contributed by atoms with E-state index in [-0.39, 0.29) is 17.2 Å². The van der Waals surface area contributed by atoms with Gasteiger partial charge in [-0.3, -0.25) is 9.59 Å². The number of nitrogens with one attached hydrogen (secondary N) is 2. The van der Waals surface area contributed by atoms with Crippen LogP contribution in [0.5, 0.6) is 0 Å². The zero-order valence-corrected chi connectivity index (χ0v) is 18.2. The fraction of sp³-hybridized carbons (Fsp3) is 0.391. The van der Waals surface area contributed by atoms with Gasteiger partial charge in [0.15, 0.2) is 0 Å². The number of aryl methyl sites for hydroxylation is 1. The van der Waals surface area contributed by atoms with Crippen molar-refractivity contribution in [1.29, 1.82) is 0 Å². The van der Waals surface area contributed by atoms with Crippen molar-refractivity contribution in [3.63, 3.8) is 0 Å². The molecule has 2 amide bonds. The Morgan fingerprint density at radius 3 is 2.32 bits per heavy atom. The Bertz CT molecular complexity index is 810. The van der Waals surface area contributed by atoms with Crippen molar-refractivity contribution in [2.75, 3.05) is 17.3 Å². The SMILES string of the molecule is CSCCC(NC(=O)c1cccc(C)c1)C(=O)Nc1ccc(C(C)(C)C)cc1. The van der Waals surface area contributed by atoms with Crippen LogP contribution >= 0.6 is 11.8 Å². The van der Waals surface area contributed by atoms with E-state index in [1.54, 1.807) is 17.8 Å². The fourth-order valence-corrected chi connectivity index (χ4v) is 3.29. The highest BCUT2D eigenvalue weighted by molar-refractivity contribution is 7.98. The molecule has 5 heteroatoms. The van der Waals surface area contributed by atoms with Gasteiger partial charge in [0.25, 0.3) is 5.91 Å². The number of carbonyl (C=O) groups is 2. The maximum absolute atomic E-state index is 12.8. The first-order valence-electron chi connectivity index (χ1n) is 9.48. The van der Waals surface area contributed by atoms with Crippen LogP contribution in [0.15, 0.2) is 48.5 Å². The summed E-state index contributed by atoms with van der Waals surface area (Å²) in [4.78, 5) is 25.4. The summed E-state index contributed by atoms with van der Waals surface area (Å²) in [5, 5.41) is 5.82. The van der Waals surface area contributed by atoms with E-state index in [4.69, 9.17) is 0 Å². The summed E-state index contributed by atoms with van der Waals surface area (Å²) in [6.45, 7) is 8.40. The van der Waals surface area contributed by atoms with Gasteiger partial charge in [0.2, 0.25) is 5.91 Å². The molecule has 0 aliphatic heterocycles. The van der Waals surface area contributed by atoms with Crippen molar-refractivity contribution in [2.45, 2.75) is 45.6 Å². The Balaban J connectivity index is 2.09. The van der Waals surface area contributed by atoms with Gasteiger partial charge in [-0.05, 0) is 60.6 Å². The van der Waals surface area contributed by atoms with Crippen LogP contribution in [0, 0.1) is 6.92 Å². The minimum absolute atomic E-state index is 0.0607. The number of hydrogen-bond acceptors (Lipinski definition) is 3. The van der Waals surface area contributed by atoms with Crippen LogP contribution < -0.4 is 10.6 Å². The van der Waals surface area contributed by atoms with Gasteiger partial charge in [-0.1, -0.05) is 50.6 Å². The van der Waals surface area contributed by atoms with Crippen molar-refractivity contribution in [3.05, 3.63) is 65.2 Å². The lowest BCUT2D eigenvalue weighted by Gasteiger charge is -2.20. The molecule has 0 heterocycles. The number of rotatable bonds is 7. The minimum atomic E-state index is -0.581. The van der Waals surface area contributed by atoms with Gasteiger partial charge in [-0.15, -0.1) is 0 Å². The molecule has 1 unspecified atom stereocenters. The quantitative estimate of drug-likeness (QED) is 0.705. The van der Waals surface area contributed by atoms with E-state index in [0.29, 0.717) is 12.0 Å². The van der Waals surface area contributed by atoms with E-state index in [2.05, 4.69) is 31.4 Å². The van der Waals surface area contributed by atoms with Crippen molar-refractivity contribution in [2.24, 2.45) is 0 Å². The Hall–Kier alpha value is -2.27. The molecular weight excluding hydrogens is 368 g/mol. The van der Waals surface area contributed by atoms with Gasteiger partial charge in [0.1, 0.15) is 6.04 Å². The number of hydrogen-bond donors (Lipinski definition) is 2. The van der Waals surface area contributed by atoms with Crippen LogP contribution in [0.25, 0.3) is 0 Å². The lowest BCUT2D eigenvalue weighted by Crippen LogP contribution is -2.44. The third kappa shape index (κ3) is 6.41. The Labute approximate surface area is 172 Å². The van der Waals surface area contributed by atoms with E-state index in [9.17, 15) is 9.59 Å². The lowest BCUT2D eigenvalue weighted by molar-refractivity contribution is -0.118. The molecular formula is C23H30N2O2S. The third-order valence-corrected chi connectivity index (χ3v) is 5.18. The summed E-state index contributed by atoms with van der Waals surface area (Å²) in [5.41, 5.74) is 3.58. The van der Waals surface area contributed by atoms with Gasteiger partial charge in [-0.2, -0.15) is 11.8 Å². The monoisotopic (exact) mass is 398 g/mol. The highest BCUT2D eigenvalue weighted by Gasteiger charge is 2.21. The smallest absolute Gasteiger partial charge is 0.251 e. The van der Waals surface area contributed by atoms with Crippen LogP contribution in [0.4, 0.5) is 5.69 Å². The van der Waals surface area contributed by atoms with Crippen LogP contribution in [0.1, 0.15) is 48.7 Å². The zero-order chi connectivity index (χ0) is 20.7. The van der Waals surface area contributed by atoms with Gasteiger partial charge in [0.05, 0.1) is 0 Å². The van der Waals surface area contributed by atoms with Gasteiger partial charge in [-0.25, -0.2) is 0 Å². The molecule has 0 saturated heterocycles. The predicted molar refractivity (Wildman–Crippen MR) is 119 cm³/mol. The second-order valence-electron chi connectivity index (χ2n) is 7.99. The summed E-state index contributed by atoms with van der Waals surface area (Å²) < 4.78 is 0. The number of thioether (sulfide) groups is 1. The average Bonchev–Trinajstić information content (AvgIpc) is 2.64. The first-order chi connectivity index (χ1) is 13.2. The maximum atomic E-state index is 12.8. The molecule has 0 radical (unpaired) electrons. The van der Waals surface area contributed by atoms with Crippen molar-refractivity contribution in [3.8, 4) is 0 Å². The molecule has 0 spiro atoms. The normalized spacial score (nSPS) is 12.3. The summed E-state index contributed by atoms with van der Waals surface area (Å²) in [6.07, 6.45) is 2.56. The molecule has 0 fully saturated rings. The second kappa shape index (κ2) is 9.78. The van der Waals surface area contributed by atoms with Crippen LogP contribution in [0.3, 0.4) is 0 Å². The van der Waals surface area contributed by atoms with Crippen molar-refractivity contribution >= 4 is 29.3 Å². The minimum Gasteiger partial charge on any atom is -0.340 e. The van der Waals surface area contributed by atoms with Crippen LogP contribution in [-0.2, 0) is 10.2 Å². The molecule has 2 aromatic carbocycles. The first-order valence-corrected chi connectivity index (χ1v) is 10.9. The molecule has 0 aromatic heterocycles. The molecule has 2 aromatic rings. The number of carbonyl (C=O) groups excluding carboxylic acids is 2. The van der Waals surface area contributed by atoms with Crippen molar-refractivity contribution < 1.29 is 9.59 Å². The molecule has 28 heavy (non-hydrogen) atoms. The van der Waals surface area contributed by atoms with Crippen molar-refractivity contribution in [1.82, 2.24) is 5.32 Å². The standard InChI is InChI=1S/C23H30N2O2S/c1-16-7-6-8-17(15-16)21(26)25-20(13-14-28-5)22(27)24-19-11-9-18(10-12-19)23(2,3)4/h6-12,15,20H,13-14H2,1-5H3,(H,24,27)(H,25,26). The van der Waals surface area contributed by atoms with E-state index < -0.39 is 6.04 Å². The largest absolute Gasteiger partial charge is 0.340 e. The molecule has 2 rings (SSSR count). The third-order valence-electron chi connectivity index (χ3n) is 4.53. The summed E-state index contributed by atoms with van der Waals surface area (Å²) in [7, 11) is 0. The maximum Gasteiger partial charge on any atom is 0.251 e. The number of benzene rings is 2. The molecule has 150 valence electrons. The molecule has 0 saturated carbocycles. The molecule has 0 aliphatic carbocycles. The highest BCUT2D eigenvalue weighted by Crippen LogP contribution is 2.23. The molecule has 0 bridgehead atoms. The molecule has 0 aliphatic rings. The Morgan fingerprint density at radius 2 is 1.75 bits per heavy atom. The molecule has 2 N–H and O–H groups in total. The zero-order valence-electron chi connectivity index (χ0n) is 17.3. The first kappa shape index (κ1) is 22.0. The number of amides is 2. The van der Waals surface area contributed by atoms with Gasteiger partial charge >= 0.3 is 0 Å². The Morgan fingerprint density at radius 1 is 1.07 bits per heavy atom. The Kier molecular flexibility index (Phi) is 7.69. The highest BCUT2D eigenvalue weighted by atomic mass is 32.2. The van der Waals surface area contributed by atoms with E-state index >= 15 is 0 Å². The van der Waals surface area contributed by atoms with Crippen LogP contribution in [0.2, 0.25) is 0 Å². The van der Waals surface area contributed by atoms with E-state index in [0.717, 1.165) is 17.0 Å². The van der Waals surface area contributed by atoms with Gasteiger partial charge < -0.3 is 10.6 Å². The van der Waals surface area contributed by atoms with E-state index in [1.165, 1.54) is 5.56 Å². The second-order valence-corrected chi connectivity index (χ2v) is 8.98. The molecule has 4 nitrogen and oxygen atoms in total. The lowest BCUT2D eigenvalue weighted by atomic mass is 9.87. The average molecular weight is 399 g/mol. The predicted octanol–water partition coefficient (Wildman–Crippen LogP) is 4.78. The van der Waals surface area contributed by atoms with E-state index in [1.807, 2.05) is 55.6 Å². The fourth-order valence-electron chi connectivity index (χ4n) is 2.82. The van der Waals surface area contributed by atoms with Crippen LogP contribution in [-0.4, -0.2) is 29.9 Å². The topological polar surface area (TPSA) is 58.2 Å². The summed E-state index contributed by atoms with van der Waals surface area (Å²) in [6, 6.07) is 14.7. The summed E-state index contributed by atoms with van der Waals surface area (Å²) >= 11 is 1.65.